The third-order valence-electron chi connectivity index (χ3n) is 1.34. The quantitative estimate of drug-likeness (QED) is 0.420. The molecule has 0 bridgehead atoms. The Bertz CT molecular complexity index is 122. The SMILES string of the molecule is CCC[NH-].CCC[NH-].CCC[NH-].[C-]1=CC=CC1.[Hf+4]. The summed E-state index contributed by atoms with van der Waals surface area (Å²) in [6.07, 6.45) is 13.0. The molecular formula is C14H29HfN3. The molecule has 0 radical (unpaired) electrons. The number of nitrogens with one attached hydrogen (secondary N) is 3. The average Bonchev–Trinajstić information content (AvgIpc) is 2.98. The first-order chi connectivity index (χ1) is 8.24. The van der Waals surface area contributed by atoms with E-state index in [1.165, 1.54) is 0 Å². The van der Waals surface area contributed by atoms with Crippen molar-refractivity contribution in [2.75, 3.05) is 19.6 Å². The molecule has 0 saturated carbocycles. The van der Waals surface area contributed by atoms with Gasteiger partial charge in [0.05, 0.1) is 0 Å². The molecule has 0 aliphatic heterocycles. The van der Waals surface area contributed by atoms with Crippen LogP contribution in [-0.2, 0) is 25.8 Å². The Labute approximate surface area is 133 Å². The van der Waals surface area contributed by atoms with Crippen LogP contribution < -0.4 is 0 Å². The van der Waals surface area contributed by atoms with Crippen LogP contribution >= 0.6 is 0 Å². The van der Waals surface area contributed by atoms with Crippen molar-refractivity contribution in [3.05, 3.63) is 41.5 Å². The minimum atomic E-state index is 0. The van der Waals surface area contributed by atoms with E-state index in [9.17, 15) is 0 Å². The molecular weight excluding hydrogens is 389 g/mol. The van der Waals surface area contributed by atoms with Crippen LogP contribution in [0.25, 0.3) is 17.2 Å². The van der Waals surface area contributed by atoms with Gasteiger partial charge in [-0.3, -0.25) is 6.08 Å². The summed E-state index contributed by atoms with van der Waals surface area (Å²) in [5.74, 6) is 0. The molecule has 0 aromatic carbocycles. The molecule has 0 atom stereocenters. The summed E-state index contributed by atoms with van der Waals surface area (Å²) >= 11 is 0. The smallest absolute Gasteiger partial charge is 0.677 e. The van der Waals surface area contributed by atoms with Crippen LogP contribution in [0.15, 0.2) is 18.2 Å². The van der Waals surface area contributed by atoms with Crippen LogP contribution in [0.1, 0.15) is 46.5 Å². The van der Waals surface area contributed by atoms with Crippen LogP contribution in [0.4, 0.5) is 0 Å². The van der Waals surface area contributed by atoms with Crippen molar-refractivity contribution < 1.29 is 25.8 Å². The fraction of sp³-hybridized carbons (Fsp3) is 0.714. The molecule has 18 heavy (non-hydrogen) atoms. The third-order valence-corrected chi connectivity index (χ3v) is 1.34. The van der Waals surface area contributed by atoms with E-state index in [0.29, 0.717) is 19.6 Å². The fourth-order valence-corrected chi connectivity index (χ4v) is 0.340. The van der Waals surface area contributed by atoms with Crippen molar-refractivity contribution in [1.29, 1.82) is 0 Å². The van der Waals surface area contributed by atoms with Crippen LogP contribution in [0.5, 0.6) is 0 Å². The summed E-state index contributed by atoms with van der Waals surface area (Å²) in [4.78, 5) is 0. The zero-order valence-corrected chi connectivity index (χ0v) is 15.8. The fourth-order valence-electron chi connectivity index (χ4n) is 0.340. The summed E-state index contributed by atoms with van der Waals surface area (Å²) in [5.41, 5.74) is 19.4. The zero-order valence-electron chi connectivity index (χ0n) is 12.2. The topological polar surface area (TPSA) is 71.4 Å². The molecule has 1 rings (SSSR count). The maximum Gasteiger partial charge on any atom is 4.00 e. The molecule has 104 valence electrons. The first-order valence-electron chi connectivity index (χ1n) is 6.40. The number of allylic oxidation sites excluding steroid dienone is 4. The molecule has 3 N–H and O–H groups in total. The molecule has 0 aromatic heterocycles. The Hall–Kier alpha value is 0.230. The van der Waals surface area contributed by atoms with Gasteiger partial charge in [-0.05, 0) is 0 Å². The maximum absolute atomic E-state index is 6.45. The Kier molecular flexibility index (Phi) is 53.4. The standard InChI is InChI=1S/C5H5.3C3H8N.Hf/c1-2-4-5-3-1;3*1-2-3-4;/h1-3H,4H2;3*4H,2-3H2,1H3;/q4*-1;+4. The summed E-state index contributed by atoms with van der Waals surface area (Å²) < 4.78 is 0. The van der Waals surface area contributed by atoms with Gasteiger partial charge in [-0.15, -0.1) is 6.42 Å². The molecule has 0 aromatic rings. The summed E-state index contributed by atoms with van der Waals surface area (Å²) in [5, 5.41) is 0. The zero-order chi connectivity index (χ0) is 13.8. The minimum Gasteiger partial charge on any atom is -0.677 e. The normalized spacial score (nSPS) is 9.89. The summed E-state index contributed by atoms with van der Waals surface area (Å²) in [6, 6.07) is 0. The first kappa shape index (κ1) is 26.7. The number of rotatable bonds is 3. The third kappa shape index (κ3) is 55.6. The monoisotopic (exact) mass is 419 g/mol. The van der Waals surface area contributed by atoms with Crippen LogP contribution in [0.2, 0.25) is 0 Å². The number of hydrogen-bond acceptors (Lipinski definition) is 0. The van der Waals surface area contributed by atoms with Gasteiger partial charge in [0.25, 0.3) is 0 Å². The van der Waals surface area contributed by atoms with Crippen molar-refractivity contribution >= 4 is 0 Å². The van der Waals surface area contributed by atoms with E-state index in [0.717, 1.165) is 25.7 Å². The molecule has 1 aliphatic rings. The molecule has 0 saturated heterocycles. The predicted octanol–water partition coefficient (Wildman–Crippen LogP) is 5.65. The maximum atomic E-state index is 6.45. The average molecular weight is 418 g/mol. The van der Waals surface area contributed by atoms with Gasteiger partial charge in [-0.2, -0.15) is 25.7 Å². The van der Waals surface area contributed by atoms with E-state index >= 15 is 0 Å². The van der Waals surface area contributed by atoms with E-state index in [4.69, 9.17) is 17.2 Å². The van der Waals surface area contributed by atoms with E-state index in [2.05, 4.69) is 12.2 Å². The summed E-state index contributed by atoms with van der Waals surface area (Å²) in [7, 11) is 0. The van der Waals surface area contributed by atoms with Gasteiger partial charge in [-0.1, -0.05) is 40.0 Å². The molecule has 1 aliphatic carbocycles. The first-order valence-corrected chi connectivity index (χ1v) is 6.40. The predicted molar refractivity (Wildman–Crippen MR) is 80.0 cm³/mol. The second-order valence-electron chi connectivity index (χ2n) is 3.25. The Morgan fingerprint density at radius 2 is 1.22 bits per heavy atom. The molecule has 0 amide bonds. The second-order valence-corrected chi connectivity index (χ2v) is 3.25. The summed E-state index contributed by atoms with van der Waals surface area (Å²) in [6.45, 7) is 7.69. The second kappa shape index (κ2) is 36.0. The van der Waals surface area contributed by atoms with Crippen LogP contribution in [-0.4, -0.2) is 19.6 Å². The van der Waals surface area contributed by atoms with Gasteiger partial charge in [0, 0.05) is 0 Å². The van der Waals surface area contributed by atoms with Crippen molar-refractivity contribution in [2.45, 2.75) is 46.5 Å². The van der Waals surface area contributed by atoms with E-state index in [-0.39, 0.29) is 25.8 Å². The number of hydrogen-bond donors (Lipinski definition) is 0. The molecule has 0 spiro atoms. The van der Waals surface area contributed by atoms with Crippen molar-refractivity contribution in [3.8, 4) is 0 Å². The van der Waals surface area contributed by atoms with E-state index in [1.54, 1.807) is 0 Å². The Balaban J connectivity index is -0.0000000719. The van der Waals surface area contributed by atoms with Gasteiger partial charge in [0.1, 0.15) is 0 Å². The van der Waals surface area contributed by atoms with Crippen LogP contribution in [0.3, 0.4) is 0 Å². The van der Waals surface area contributed by atoms with Gasteiger partial charge in [-0.25, -0.2) is 12.2 Å². The van der Waals surface area contributed by atoms with Crippen molar-refractivity contribution in [3.63, 3.8) is 0 Å². The van der Waals surface area contributed by atoms with Crippen molar-refractivity contribution in [1.82, 2.24) is 0 Å². The van der Waals surface area contributed by atoms with Crippen LogP contribution in [0, 0.1) is 6.08 Å². The molecule has 3 nitrogen and oxygen atoms in total. The van der Waals surface area contributed by atoms with Gasteiger partial charge in [0.2, 0.25) is 0 Å². The van der Waals surface area contributed by atoms with Gasteiger partial charge >= 0.3 is 25.8 Å². The van der Waals surface area contributed by atoms with Crippen molar-refractivity contribution in [2.24, 2.45) is 0 Å². The molecule has 0 unspecified atom stereocenters. The van der Waals surface area contributed by atoms with Gasteiger partial charge < -0.3 is 17.2 Å². The van der Waals surface area contributed by atoms with Gasteiger partial charge in [0.15, 0.2) is 0 Å². The molecule has 0 fully saturated rings. The minimum absolute atomic E-state index is 0. The van der Waals surface area contributed by atoms with E-state index < -0.39 is 0 Å². The molecule has 4 heteroatoms. The Morgan fingerprint density at radius 1 is 0.889 bits per heavy atom. The Morgan fingerprint density at radius 3 is 1.28 bits per heavy atom. The van der Waals surface area contributed by atoms with E-state index in [1.807, 2.05) is 32.9 Å². The molecule has 0 heterocycles. The largest absolute Gasteiger partial charge is 4.00 e.